The van der Waals surface area contributed by atoms with Crippen LogP contribution in [0.3, 0.4) is 0 Å². The molecule has 27 heavy (non-hydrogen) atoms. The molecule has 0 bridgehead atoms. The first-order valence-electron chi connectivity index (χ1n) is 7.99. The molecule has 1 heterocycles. The molecule has 2 aliphatic rings. The predicted octanol–water partition coefficient (Wildman–Crippen LogP) is 0.935. The van der Waals surface area contributed by atoms with Gasteiger partial charge in [0, 0.05) is 12.0 Å². The van der Waals surface area contributed by atoms with E-state index in [9.17, 15) is 29.6 Å². The molecular formula is C16H16N2O9. The average Bonchev–Trinajstić information content (AvgIpc) is 3.23. The molecule has 144 valence electrons. The second-order valence-corrected chi connectivity index (χ2v) is 6.43. The summed E-state index contributed by atoms with van der Waals surface area (Å²) in [5.41, 5.74) is -2.03. The molecule has 3 N–H and O–H groups in total. The Morgan fingerprint density at radius 2 is 2.04 bits per heavy atom. The van der Waals surface area contributed by atoms with Crippen LogP contribution in [0.5, 0.6) is 0 Å². The largest absolute Gasteiger partial charge is 0.481 e. The number of benzene rings is 1. The van der Waals surface area contributed by atoms with Crippen molar-refractivity contribution < 1.29 is 39.0 Å². The fraction of sp³-hybridized carbons (Fsp3) is 0.438. The van der Waals surface area contributed by atoms with E-state index in [-0.39, 0.29) is 11.3 Å². The van der Waals surface area contributed by atoms with E-state index < -0.39 is 59.1 Å². The standard InChI is InChI=1S/C16H16N2O9/c1-7(8-4-2-3-5-9(8)18(24)25)27-15(23)17-16(14(21)22)6-26-12-10(11(12)16)13(19)20/h2-5,7,10-12H,6H2,1H3,(H,17,23)(H,19,20)(H,21,22)/t7?,10-,11+,12+,16+/m1/s1. The number of alkyl carbamates (subject to hydrolysis) is 1. The van der Waals surface area contributed by atoms with Gasteiger partial charge in [0.2, 0.25) is 0 Å². The Morgan fingerprint density at radius 1 is 1.37 bits per heavy atom. The number of hydrogen-bond donors (Lipinski definition) is 3. The zero-order chi connectivity index (χ0) is 19.9. The van der Waals surface area contributed by atoms with Crippen LogP contribution >= 0.6 is 0 Å². The maximum absolute atomic E-state index is 12.2. The Balaban J connectivity index is 1.74. The molecule has 5 atom stereocenters. The number of carboxylic acid groups (broad SMARTS) is 2. The minimum absolute atomic E-state index is 0.136. The van der Waals surface area contributed by atoms with Crippen LogP contribution in [0.15, 0.2) is 24.3 Å². The Hall–Kier alpha value is -3.21. The average molecular weight is 380 g/mol. The normalized spacial score (nSPS) is 29.3. The molecule has 11 nitrogen and oxygen atoms in total. The highest BCUT2D eigenvalue weighted by Crippen LogP contribution is 2.54. The lowest BCUT2D eigenvalue weighted by molar-refractivity contribution is -0.386. The molecule has 11 heteroatoms. The molecule has 1 aliphatic heterocycles. The molecule has 1 aromatic rings. The number of carboxylic acids is 2. The molecule has 0 spiro atoms. The highest BCUT2D eigenvalue weighted by Gasteiger charge is 2.74. The second kappa shape index (κ2) is 6.50. The van der Waals surface area contributed by atoms with Gasteiger partial charge >= 0.3 is 18.0 Å². The van der Waals surface area contributed by atoms with Crippen molar-refractivity contribution in [3.05, 3.63) is 39.9 Å². The Labute approximate surface area is 152 Å². The van der Waals surface area contributed by atoms with Gasteiger partial charge in [0.15, 0.2) is 5.54 Å². The first-order chi connectivity index (χ1) is 12.7. The van der Waals surface area contributed by atoms with E-state index in [1.54, 1.807) is 0 Å². The van der Waals surface area contributed by atoms with E-state index in [0.717, 1.165) is 0 Å². The lowest BCUT2D eigenvalue weighted by Gasteiger charge is -2.27. The molecule has 1 saturated carbocycles. The van der Waals surface area contributed by atoms with Crippen LogP contribution in [0, 0.1) is 22.0 Å². The van der Waals surface area contributed by atoms with Gasteiger partial charge in [-0.05, 0) is 13.0 Å². The molecule has 3 rings (SSSR count). The Bertz CT molecular complexity index is 826. The van der Waals surface area contributed by atoms with Gasteiger partial charge in [-0.15, -0.1) is 0 Å². The summed E-state index contributed by atoms with van der Waals surface area (Å²) in [7, 11) is 0. The van der Waals surface area contributed by atoms with E-state index in [1.807, 2.05) is 0 Å². The number of nitro groups is 1. The highest BCUT2D eigenvalue weighted by molar-refractivity contribution is 5.89. The first-order valence-corrected chi connectivity index (χ1v) is 7.99. The number of carbonyl (C=O) groups excluding carboxylic acids is 1. The van der Waals surface area contributed by atoms with Gasteiger partial charge in [-0.25, -0.2) is 9.59 Å². The zero-order valence-corrected chi connectivity index (χ0v) is 14.0. The fourth-order valence-electron chi connectivity index (χ4n) is 3.51. The summed E-state index contributed by atoms with van der Waals surface area (Å²) in [5.74, 6) is -4.59. The van der Waals surface area contributed by atoms with Gasteiger partial charge in [-0.1, -0.05) is 12.1 Å². The topological polar surface area (TPSA) is 165 Å². The van der Waals surface area contributed by atoms with E-state index in [0.29, 0.717) is 0 Å². The number of rotatable bonds is 6. The smallest absolute Gasteiger partial charge is 0.408 e. The number of ether oxygens (including phenoxy) is 2. The number of hydrogen-bond acceptors (Lipinski definition) is 7. The molecule has 1 unspecified atom stereocenters. The molecule has 1 aliphatic carbocycles. The predicted molar refractivity (Wildman–Crippen MR) is 85.9 cm³/mol. The number of fused-ring (bicyclic) bond motifs is 1. The Kier molecular flexibility index (Phi) is 4.47. The molecule has 0 aromatic heterocycles. The van der Waals surface area contributed by atoms with Crippen LogP contribution in [0.1, 0.15) is 18.6 Å². The number of nitro benzene ring substituents is 1. The van der Waals surface area contributed by atoms with E-state index in [2.05, 4.69) is 5.32 Å². The molecule has 1 aromatic carbocycles. The number of carbonyl (C=O) groups is 3. The van der Waals surface area contributed by atoms with Crippen LogP contribution in [-0.2, 0) is 19.1 Å². The summed E-state index contributed by atoms with van der Waals surface area (Å²) in [6, 6.07) is 5.67. The van der Waals surface area contributed by atoms with Gasteiger partial charge in [0.1, 0.15) is 6.10 Å². The molecule has 0 radical (unpaired) electrons. The van der Waals surface area contributed by atoms with Crippen molar-refractivity contribution in [2.75, 3.05) is 6.61 Å². The fourth-order valence-corrected chi connectivity index (χ4v) is 3.51. The third-order valence-corrected chi connectivity index (χ3v) is 4.87. The number of amides is 1. The highest BCUT2D eigenvalue weighted by atomic mass is 16.6. The molecule has 1 saturated heterocycles. The minimum atomic E-state index is -1.92. The van der Waals surface area contributed by atoms with Crippen molar-refractivity contribution in [1.29, 1.82) is 0 Å². The maximum atomic E-state index is 12.2. The van der Waals surface area contributed by atoms with Crippen LogP contribution in [0.2, 0.25) is 0 Å². The minimum Gasteiger partial charge on any atom is -0.481 e. The summed E-state index contributed by atoms with van der Waals surface area (Å²) in [6.07, 6.45) is -2.96. The van der Waals surface area contributed by atoms with Crippen molar-refractivity contribution in [3.8, 4) is 0 Å². The second-order valence-electron chi connectivity index (χ2n) is 6.43. The summed E-state index contributed by atoms with van der Waals surface area (Å²) in [6.45, 7) is 1.01. The van der Waals surface area contributed by atoms with Gasteiger partial charge in [0.25, 0.3) is 5.69 Å². The first kappa shape index (κ1) is 18.6. The lowest BCUT2D eigenvalue weighted by atomic mass is 9.93. The number of nitrogens with one attached hydrogen (secondary N) is 1. The van der Waals surface area contributed by atoms with Crippen LogP contribution in [0.25, 0.3) is 0 Å². The van der Waals surface area contributed by atoms with Crippen molar-refractivity contribution in [2.45, 2.75) is 24.7 Å². The number of nitrogens with zero attached hydrogens (tertiary/aromatic N) is 1. The van der Waals surface area contributed by atoms with Crippen molar-refractivity contribution in [3.63, 3.8) is 0 Å². The van der Waals surface area contributed by atoms with Crippen molar-refractivity contribution in [1.82, 2.24) is 5.32 Å². The van der Waals surface area contributed by atoms with Gasteiger partial charge in [-0.2, -0.15) is 0 Å². The van der Waals surface area contributed by atoms with Crippen LogP contribution in [-0.4, -0.2) is 51.4 Å². The van der Waals surface area contributed by atoms with Crippen molar-refractivity contribution >= 4 is 23.7 Å². The third kappa shape index (κ3) is 3.05. The number of para-hydroxylation sites is 1. The SMILES string of the molecule is CC(OC(=O)N[C@@]1(C(=O)O)CO[C@H]2[C@H](C(=O)O)[C@@H]21)c1ccccc1[N+](=O)[O-]. The quantitative estimate of drug-likeness (QED) is 0.481. The molecular weight excluding hydrogens is 364 g/mol. The zero-order valence-electron chi connectivity index (χ0n) is 14.0. The lowest BCUT2D eigenvalue weighted by Crippen LogP contribution is -2.58. The number of aliphatic carboxylic acids is 2. The van der Waals surface area contributed by atoms with Gasteiger partial charge in [0.05, 0.1) is 29.1 Å². The Morgan fingerprint density at radius 3 is 2.59 bits per heavy atom. The molecule has 2 fully saturated rings. The summed E-state index contributed by atoms with van der Waals surface area (Å²) in [5, 5.41) is 31.9. The maximum Gasteiger partial charge on any atom is 0.408 e. The van der Waals surface area contributed by atoms with Crippen LogP contribution < -0.4 is 5.32 Å². The summed E-state index contributed by atoms with van der Waals surface area (Å²) >= 11 is 0. The molecule has 1 amide bonds. The third-order valence-electron chi connectivity index (χ3n) is 4.87. The van der Waals surface area contributed by atoms with E-state index in [1.165, 1.54) is 31.2 Å². The summed E-state index contributed by atoms with van der Waals surface area (Å²) in [4.78, 5) is 45.6. The van der Waals surface area contributed by atoms with E-state index in [4.69, 9.17) is 14.6 Å². The van der Waals surface area contributed by atoms with Crippen molar-refractivity contribution in [2.24, 2.45) is 11.8 Å². The van der Waals surface area contributed by atoms with Gasteiger partial charge in [-0.3, -0.25) is 14.9 Å². The van der Waals surface area contributed by atoms with Crippen LogP contribution in [0.4, 0.5) is 10.5 Å². The monoisotopic (exact) mass is 380 g/mol. The van der Waals surface area contributed by atoms with E-state index >= 15 is 0 Å². The summed E-state index contributed by atoms with van der Waals surface area (Å²) < 4.78 is 10.3. The van der Waals surface area contributed by atoms with Gasteiger partial charge < -0.3 is 25.0 Å².